The fraction of sp³-hybridized carbons (Fsp3) is 0.267. The quantitative estimate of drug-likeness (QED) is 0.683. The third-order valence-corrected chi connectivity index (χ3v) is 5.78. The van der Waals surface area contributed by atoms with E-state index in [1.807, 2.05) is 6.07 Å². The molecule has 9 heteroatoms. The molecule has 126 valence electrons. The lowest BCUT2D eigenvalue weighted by Gasteiger charge is -2.26. The Bertz CT molecular complexity index is 919. The maximum absolute atomic E-state index is 12.7. The van der Waals surface area contributed by atoms with E-state index in [9.17, 15) is 4.21 Å². The second-order valence-corrected chi connectivity index (χ2v) is 7.46. The van der Waals surface area contributed by atoms with Crippen LogP contribution in [0.4, 0.5) is 5.69 Å². The third kappa shape index (κ3) is 2.66. The molecule has 1 aliphatic carbocycles. The minimum absolute atomic E-state index is 0.290. The Labute approximate surface area is 150 Å². The monoisotopic (exact) mass is 384 g/mol. The molecule has 0 amide bonds. The fourth-order valence-corrected chi connectivity index (χ4v) is 4.09. The average Bonchev–Trinajstić information content (AvgIpc) is 3.09. The highest BCUT2D eigenvalue weighted by molar-refractivity contribution is 7.86. The smallest absolute Gasteiger partial charge is 0.260 e. The van der Waals surface area contributed by atoms with Gasteiger partial charge >= 0.3 is 0 Å². The minimum atomic E-state index is -1.50. The SMILES string of the molecule is O=S(Nc1cnn(C2CCC2)c1OCl)c1c[nH]c2cc(Cl)ccc12. The van der Waals surface area contributed by atoms with Crippen molar-refractivity contribution in [3.8, 4) is 5.88 Å². The van der Waals surface area contributed by atoms with E-state index in [4.69, 9.17) is 27.8 Å². The molecule has 2 heterocycles. The van der Waals surface area contributed by atoms with Gasteiger partial charge in [0.1, 0.15) is 17.6 Å². The summed E-state index contributed by atoms with van der Waals surface area (Å²) in [6, 6.07) is 5.68. The van der Waals surface area contributed by atoms with Gasteiger partial charge in [-0.25, -0.2) is 8.89 Å². The van der Waals surface area contributed by atoms with E-state index in [1.165, 1.54) is 6.42 Å². The standard InChI is InChI=1S/C15H14Cl2N4O2S/c16-9-4-5-11-12(6-9)18-8-14(11)24(22)20-13-7-19-21(15(13)23-17)10-2-1-3-10/h4-8,10,18,20H,1-3H2. The number of aromatic amines is 1. The lowest BCUT2D eigenvalue weighted by atomic mass is 9.93. The highest BCUT2D eigenvalue weighted by Gasteiger charge is 2.26. The van der Waals surface area contributed by atoms with Crippen LogP contribution in [-0.2, 0) is 11.0 Å². The number of rotatable bonds is 5. The Morgan fingerprint density at radius 1 is 1.42 bits per heavy atom. The molecule has 24 heavy (non-hydrogen) atoms. The molecule has 2 N–H and O–H groups in total. The molecule has 2 aromatic heterocycles. The summed E-state index contributed by atoms with van der Waals surface area (Å²) >= 11 is 11.6. The zero-order valence-electron chi connectivity index (χ0n) is 12.5. The molecular weight excluding hydrogens is 371 g/mol. The zero-order chi connectivity index (χ0) is 16.7. The van der Waals surface area contributed by atoms with Gasteiger partial charge in [-0.15, -0.1) is 0 Å². The first-order valence-corrected chi connectivity index (χ1v) is 9.32. The highest BCUT2D eigenvalue weighted by Crippen LogP contribution is 2.38. The zero-order valence-corrected chi connectivity index (χ0v) is 14.8. The van der Waals surface area contributed by atoms with Crippen LogP contribution in [-0.4, -0.2) is 19.0 Å². The summed E-state index contributed by atoms with van der Waals surface area (Å²) in [5, 5.41) is 5.76. The molecule has 0 bridgehead atoms. The molecule has 0 radical (unpaired) electrons. The predicted molar refractivity (Wildman–Crippen MR) is 94.9 cm³/mol. The third-order valence-electron chi connectivity index (χ3n) is 4.25. The summed E-state index contributed by atoms with van der Waals surface area (Å²) in [7, 11) is -1.50. The molecule has 1 aliphatic rings. The van der Waals surface area contributed by atoms with Gasteiger partial charge in [-0.1, -0.05) is 17.7 Å². The second-order valence-electron chi connectivity index (χ2n) is 5.68. The highest BCUT2D eigenvalue weighted by atomic mass is 35.5. The normalized spacial score (nSPS) is 16.1. The fourth-order valence-electron chi connectivity index (χ4n) is 2.77. The van der Waals surface area contributed by atoms with E-state index in [-0.39, 0.29) is 6.04 Å². The van der Waals surface area contributed by atoms with Crippen LogP contribution in [0, 0.1) is 0 Å². The Morgan fingerprint density at radius 2 is 2.25 bits per heavy atom. The Hall–Kier alpha value is -1.70. The first-order chi connectivity index (χ1) is 11.7. The van der Waals surface area contributed by atoms with Gasteiger partial charge in [-0.2, -0.15) is 5.10 Å². The minimum Gasteiger partial charge on any atom is -0.363 e. The number of aromatic nitrogens is 3. The molecule has 4 rings (SSSR count). The van der Waals surface area contributed by atoms with Gasteiger partial charge < -0.3 is 9.27 Å². The van der Waals surface area contributed by atoms with Gasteiger partial charge in [-0.05, 0) is 31.4 Å². The van der Waals surface area contributed by atoms with Crippen molar-refractivity contribution in [1.29, 1.82) is 0 Å². The number of fused-ring (bicyclic) bond motifs is 1. The molecule has 3 aromatic rings. The summed E-state index contributed by atoms with van der Waals surface area (Å²) in [5.41, 5.74) is 1.32. The first kappa shape index (κ1) is 15.8. The molecule has 6 nitrogen and oxygen atoms in total. The van der Waals surface area contributed by atoms with E-state index in [1.54, 1.807) is 29.2 Å². The number of anilines is 1. The molecular formula is C15H14Cl2N4O2S. The summed E-state index contributed by atoms with van der Waals surface area (Å²) < 4.78 is 22.3. The maximum Gasteiger partial charge on any atom is 0.260 e. The van der Waals surface area contributed by atoms with Crippen LogP contribution >= 0.6 is 23.5 Å². The summed E-state index contributed by atoms with van der Waals surface area (Å²) in [6.07, 6.45) is 6.53. The second kappa shape index (κ2) is 6.31. The Balaban J connectivity index is 1.62. The van der Waals surface area contributed by atoms with Crippen LogP contribution in [0.2, 0.25) is 5.02 Å². The molecule has 0 saturated heterocycles. The summed E-state index contributed by atoms with van der Waals surface area (Å²) in [6.45, 7) is 0. The Morgan fingerprint density at radius 3 is 2.96 bits per heavy atom. The van der Waals surface area contributed by atoms with Crippen LogP contribution in [0.1, 0.15) is 25.3 Å². The van der Waals surface area contributed by atoms with Crippen LogP contribution in [0.15, 0.2) is 35.5 Å². The molecule has 1 aromatic carbocycles. The lowest BCUT2D eigenvalue weighted by Crippen LogP contribution is -2.18. The van der Waals surface area contributed by atoms with Crippen LogP contribution in [0.5, 0.6) is 5.88 Å². The van der Waals surface area contributed by atoms with Gasteiger partial charge in [0.05, 0.1) is 17.1 Å². The van der Waals surface area contributed by atoms with Gasteiger partial charge in [0.2, 0.25) is 0 Å². The summed E-state index contributed by atoms with van der Waals surface area (Å²) in [4.78, 5) is 3.69. The van der Waals surface area contributed by atoms with Crippen LogP contribution in [0.25, 0.3) is 10.9 Å². The molecule has 1 fully saturated rings. The van der Waals surface area contributed by atoms with Crippen molar-refractivity contribution in [2.45, 2.75) is 30.2 Å². The molecule has 1 unspecified atom stereocenters. The van der Waals surface area contributed by atoms with Crippen molar-refractivity contribution in [3.63, 3.8) is 0 Å². The first-order valence-electron chi connectivity index (χ1n) is 7.48. The maximum atomic E-state index is 12.7. The number of nitrogens with zero attached hydrogens (tertiary/aromatic N) is 2. The molecule has 0 aliphatic heterocycles. The number of hydrogen-bond acceptors (Lipinski definition) is 3. The van der Waals surface area contributed by atoms with Gasteiger partial charge in [0, 0.05) is 22.1 Å². The molecule has 1 atom stereocenters. The van der Waals surface area contributed by atoms with E-state index in [0.717, 1.165) is 23.7 Å². The van der Waals surface area contributed by atoms with Crippen molar-refractivity contribution >= 4 is 51.0 Å². The largest absolute Gasteiger partial charge is 0.363 e. The van der Waals surface area contributed by atoms with Crippen LogP contribution in [0.3, 0.4) is 0 Å². The average molecular weight is 385 g/mol. The number of halogens is 2. The van der Waals surface area contributed by atoms with Crippen molar-refractivity contribution in [3.05, 3.63) is 35.6 Å². The van der Waals surface area contributed by atoms with E-state index in [0.29, 0.717) is 21.5 Å². The van der Waals surface area contributed by atoms with Gasteiger partial charge in [0.15, 0.2) is 11.0 Å². The number of hydrogen-bond donors (Lipinski definition) is 2. The van der Waals surface area contributed by atoms with Crippen molar-refractivity contribution in [2.75, 3.05) is 4.72 Å². The lowest BCUT2D eigenvalue weighted by molar-refractivity contribution is 0.272. The van der Waals surface area contributed by atoms with Gasteiger partial charge in [0.25, 0.3) is 5.88 Å². The van der Waals surface area contributed by atoms with Gasteiger partial charge in [-0.3, -0.25) is 4.72 Å². The molecule has 1 saturated carbocycles. The predicted octanol–water partition coefficient (Wildman–Crippen LogP) is 4.41. The van der Waals surface area contributed by atoms with Crippen molar-refractivity contribution in [2.24, 2.45) is 0 Å². The van der Waals surface area contributed by atoms with E-state index >= 15 is 0 Å². The Kier molecular flexibility index (Phi) is 4.15. The van der Waals surface area contributed by atoms with Crippen molar-refractivity contribution in [1.82, 2.24) is 14.8 Å². The number of nitrogens with one attached hydrogen (secondary N) is 2. The van der Waals surface area contributed by atoms with Crippen molar-refractivity contribution < 1.29 is 8.50 Å². The van der Waals surface area contributed by atoms with E-state index < -0.39 is 11.0 Å². The number of H-pyrrole nitrogens is 1. The topological polar surface area (TPSA) is 71.9 Å². The van der Waals surface area contributed by atoms with E-state index in [2.05, 4.69) is 14.8 Å². The summed E-state index contributed by atoms with van der Waals surface area (Å²) in [5.74, 6) is 0.387. The van der Waals surface area contributed by atoms with Crippen LogP contribution < -0.4 is 9.01 Å². The number of benzene rings is 1. The molecule has 0 spiro atoms.